The molecule has 0 amide bonds. The second-order valence-electron chi connectivity index (χ2n) is 17.8. The van der Waals surface area contributed by atoms with Crippen LogP contribution in [-0.2, 0) is 46.9 Å². The van der Waals surface area contributed by atoms with Crippen LogP contribution in [0.3, 0.4) is 0 Å². The average Bonchev–Trinajstić information content (AvgIpc) is 3.56. The SMILES string of the molecule is CCCCCCCCCCCCCCCC(=O)OCC(COP(=O)(O)OCCN(C)CC(O)COCC1COC(C)(C)O1)OC(=O)CCCCCCCCCCCCCCC. The Bertz CT molecular complexity index is 1100. The Morgan fingerprint density at radius 3 is 1.61 bits per heavy atom. The lowest BCUT2D eigenvalue weighted by atomic mass is 10.0. The topological polar surface area (TPSA) is 160 Å². The van der Waals surface area contributed by atoms with E-state index in [1.165, 1.54) is 122 Å². The number of hydrogen-bond acceptors (Lipinski definition) is 12. The molecule has 14 heteroatoms. The lowest BCUT2D eigenvalue weighted by molar-refractivity contribution is -0.161. The highest BCUT2D eigenvalue weighted by Gasteiger charge is 2.33. The molecular weight excluding hydrogens is 801 g/mol. The third-order valence-corrected chi connectivity index (χ3v) is 12.0. The van der Waals surface area contributed by atoms with Gasteiger partial charge in [0.1, 0.15) is 12.7 Å². The molecule has 0 aliphatic carbocycles. The Labute approximate surface area is 372 Å². The summed E-state index contributed by atoms with van der Waals surface area (Å²) in [6, 6.07) is 0. The van der Waals surface area contributed by atoms with Crippen molar-refractivity contribution >= 4 is 19.8 Å². The van der Waals surface area contributed by atoms with Gasteiger partial charge in [-0.1, -0.05) is 168 Å². The van der Waals surface area contributed by atoms with Crippen LogP contribution in [0.15, 0.2) is 0 Å². The number of ether oxygens (including phenoxy) is 5. The maximum absolute atomic E-state index is 12.8. The molecule has 0 aromatic carbocycles. The predicted octanol–water partition coefficient (Wildman–Crippen LogP) is 11.0. The summed E-state index contributed by atoms with van der Waals surface area (Å²) in [5, 5.41) is 10.4. The molecule has 1 saturated heterocycles. The smallest absolute Gasteiger partial charge is 0.462 e. The molecule has 0 spiro atoms. The first kappa shape index (κ1) is 57.9. The van der Waals surface area contributed by atoms with Gasteiger partial charge in [0.05, 0.1) is 39.1 Å². The molecule has 1 aliphatic rings. The van der Waals surface area contributed by atoms with E-state index in [-0.39, 0.29) is 51.9 Å². The van der Waals surface area contributed by atoms with E-state index in [4.69, 9.17) is 32.7 Å². The monoisotopic (exact) mass is 894 g/mol. The number of phosphoric ester groups is 1. The van der Waals surface area contributed by atoms with Gasteiger partial charge in [0.2, 0.25) is 0 Å². The minimum Gasteiger partial charge on any atom is -0.462 e. The van der Waals surface area contributed by atoms with Gasteiger partial charge in [0.25, 0.3) is 0 Å². The van der Waals surface area contributed by atoms with Crippen molar-refractivity contribution in [3.63, 3.8) is 0 Å². The summed E-state index contributed by atoms with van der Waals surface area (Å²) in [5.41, 5.74) is 0. The molecule has 0 aromatic rings. The highest BCUT2D eigenvalue weighted by atomic mass is 31.2. The zero-order chi connectivity index (χ0) is 44.9. The Hall–Kier alpha value is -1.15. The molecule has 1 heterocycles. The number of aliphatic hydroxyl groups excluding tert-OH is 1. The van der Waals surface area contributed by atoms with Crippen molar-refractivity contribution in [3.8, 4) is 0 Å². The fraction of sp³-hybridized carbons (Fsp3) is 0.957. The number of phosphoric acid groups is 1. The highest BCUT2D eigenvalue weighted by molar-refractivity contribution is 7.47. The largest absolute Gasteiger partial charge is 0.472 e. The number of nitrogens with zero attached hydrogens (tertiary/aromatic N) is 1. The number of esters is 2. The molecule has 0 bridgehead atoms. The van der Waals surface area contributed by atoms with Gasteiger partial charge in [-0.25, -0.2) is 4.57 Å². The maximum atomic E-state index is 12.8. The molecule has 1 rings (SSSR count). The standard InChI is InChI=1S/C47H92NO12P/c1-6-8-10-12-14-16-18-20-22-24-26-28-30-32-45(50)55-39-43(59-46(51)33-31-29-27-25-23-21-19-17-15-13-11-9-7-2)41-58-61(52,53)57-35-34-48(5)36-42(49)37-54-38-44-40-56-47(3,4)60-44/h42-44,49H,6-41H2,1-5H3,(H,52,53). The quantitative estimate of drug-likeness (QED) is 0.0338. The highest BCUT2D eigenvalue weighted by Crippen LogP contribution is 2.43. The Morgan fingerprint density at radius 2 is 1.15 bits per heavy atom. The number of aliphatic hydroxyl groups is 1. The van der Waals surface area contributed by atoms with Gasteiger partial charge < -0.3 is 38.6 Å². The summed E-state index contributed by atoms with van der Waals surface area (Å²) in [4.78, 5) is 37.5. The minimum atomic E-state index is -4.53. The van der Waals surface area contributed by atoms with E-state index in [0.29, 0.717) is 19.6 Å². The first-order chi connectivity index (χ1) is 29.4. The lowest BCUT2D eigenvalue weighted by Gasteiger charge is -2.22. The molecular formula is C47H92NO12P. The Balaban J connectivity index is 2.40. The second kappa shape index (κ2) is 38.2. The van der Waals surface area contributed by atoms with E-state index in [0.717, 1.165) is 38.5 Å². The third-order valence-electron chi connectivity index (χ3n) is 11.1. The van der Waals surface area contributed by atoms with Gasteiger partial charge in [0, 0.05) is 25.9 Å². The number of rotatable bonds is 44. The van der Waals surface area contributed by atoms with Crippen molar-refractivity contribution in [1.82, 2.24) is 4.90 Å². The molecule has 4 unspecified atom stereocenters. The molecule has 4 atom stereocenters. The van der Waals surface area contributed by atoms with Crippen LogP contribution >= 0.6 is 7.82 Å². The van der Waals surface area contributed by atoms with E-state index < -0.39 is 44.4 Å². The van der Waals surface area contributed by atoms with Gasteiger partial charge >= 0.3 is 19.8 Å². The van der Waals surface area contributed by atoms with Crippen LogP contribution in [0.4, 0.5) is 0 Å². The molecule has 61 heavy (non-hydrogen) atoms. The summed E-state index contributed by atoms with van der Waals surface area (Å²) in [5.74, 6) is -1.50. The number of hydrogen-bond donors (Lipinski definition) is 2. The van der Waals surface area contributed by atoms with Gasteiger partial charge in [-0.05, 0) is 33.7 Å². The van der Waals surface area contributed by atoms with E-state index in [2.05, 4.69) is 13.8 Å². The fourth-order valence-corrected chi connectivity index (χ4v) is 8.15. The zero-order valence-electron chi connectivity index (χ0n) is 39.6. The first-order valence-corrected chi connectivity index (χ1v) is 26.1. The molecule has 362 valence electrons. The van der Waals surface area contributed by atoms with Crippen molar-refractivity contribution in [2.75, 3.05) is 59.8 Å². The van der Waals surface area contributed by atoms with Gasteiger partial charge in [-0.2, -0.15) is 0 Å². The van der Waals surface area contributed by atoms with E-state index >= 15 is 0 Å². The van der Waals surface area contributed by atoms with Crippen molar-refractivity contribution < 1.29 is 56.9 Å². The number of unbranched alkanes of at least 4 members (excludes halogenated alkanes) is 24. The molecule has 0 aromatic heterocycles. The van der Waals surface area contributed by atoms with Crippen LogP contribution in [0, 0.1) is 0 Å². The van der Waals surface area contributed by atoms with Crippen molar-refractivity contribution in [1.29, 1.82) is 0 Å². The van der Waals surface area contributed by atoms with Crippen LogP contribution in [0.1, 0.15) is 207 Å². The average molecular weight is 894 g/mol. The Kier molecular flexibility index (Phi) is 36.2. The molecule has 13 nitrogen and oxygen atoms in total. The number of likely N-dealkylation sites (N-methyl/N-ethyl adjacent to an activating group) is 1. The van der Waals surface area contributed by atoms with Crippen LogP contribution in [0.25, 0.3) is 0 Å². The van der Waals surface area contributed by atoms with E-state index in [1.807, 2.05) is 13.8 Å². The maximum Gasteiger partial charge on any atom is 0.472 e. The van der Waals surface area contributed by atoms with Crippen molar-refractivity contribution in [2.45, 2.75) is 232 Å². The van der Waals surface area contributed by atoms with E-state index in [1.54, 1.807) is 11.9 Å². The van der Waals surface area contributed by atoms with Crippen LogP contribution in [-0.4, -0.2) is 111 Å². The molecule has 1 fully saturated rings. The molecule has 2 N–H and O–H groups in total. The molecule has 0 saturated carbocycles. The number of carbonyl (C=O) groups is 2. The predicted molar refractivity (Wildman–Crippen MR) is 242 cm³/mol. The number of carbonyl (C=O) groups excluding carboxylic acids is 2. The third kappa shape index (κ3) is 36.8. The lowest BCUT2D eigenvalue weighted by Crippen LogP contribution is -2.35. The van der Waals surface area contributed by atoms with Crippen molar-refractivity contribution in [2.24, 2.45) is 0 Å². The summed E-state index contributed by atoms with van der Waals surface area (Å²) in [7, 11) is -2.79. The summed E-state index contributed by atoms with van der Waals surface area (Å²) >= 11 is 0. The normalized spacial score (nSPS) is 17.1. The van der Waals surface area contributed by atoms with Crippen LogP contribution in [0.2, 0.25) is 0 Å². The van der Waals surface area contributed by atoms with Crippen LogP contribution < -0.4 is 0 Å². The molecule has 1 aliphatic heterocycles. The zero-order valence-corrected chi connectivity index (χ0v) is 40.5. The molecule has 0 radical (unpaired) electrons. The second-order valence-corrected chi connectivity index (χ2v) is 19.2. The summed E-state index contributed by atoms with van der Waals surface area (Å²) in [6.07, 6.45) is 29.7. The van der Waals surface area contributed by atoms with Gasteiger partial charge in [0.15, 0.2) is 11.9 Å². The Morgan fingerprint density at radius 1 is 0.689 bits per heavy atom. The van der Waals surface area contributed by atoms with E-state index in [9.17, 15) is 24.2 Å². The van der Waals surface area contributed by atoms with Crippen molar-refractivity contribution in [3.05, 3.63) is 0 Å². The van der Waals surface area contributed by atoms with Gasteiger partial charge in [-0.15, -0.1) is 0 Å². The minimum absolute atomic E-state index is 0.0938. The van der Waals surface area contributed by atoms with Gasteiger partial charge in [-0.3, -0.25) is 18.6 Å². The fourth-order valence-electron chi connectivity index (χ4n) is 7.40. The summed E-state index contributed by atoms with van der Waals surface area (Å²) < 4.78 is 51.0. The summed E-state index contributed by atoms with van der Waals surface area (Å²) in [6.45, 7) is 8.56. The first-order valence-electron chi connectivity index (χ1n) is 24.6. The van der Waals surface area contributed by atoms with Crippen LogP contribution in [0.5, 0.6) is 0 Å².